The van der Waals surface area contributed by atoms with Gasteiger partial charge in [0.25, 0.3) is 5.91 Å². The second-order valence-corrected chi connectivity index (χ2v) is 12.2. The van der Waals surface area contributed by atoms with Gasteiger partial charge in [-0.05, 0) is 80.8 Å². The molecule has 9 nitrogen and oxygen atoms in total. The van der Waals surface area contributed by atoms with E-state index in [2.05, 4.69) is 25.6 Å². The summed E-state index contributed by atoms with van der Waals surface area (Å²) < 4.78 is 70.3. The fourth-order valence-electron chi connectivity index (χ4n) is 6.27. The Morgan fingerprint density at radius 1 is 1.06 bits per heavy atom. The average Bonchev–Trinajstić information content (AvgIpc) is 3.43. The number of imidazole rings is 1. The van der Waals surface area contributed by atoms with Crippen molar-refractivity contribution in [2.24, 2.45) is 0 Å². The van der Waals surface area contributed by atoms with E-state index in [4.69, 9.17) is 14.5 Å². The Morgan fingerprint density at radius 2 is 1.80 bits per heavy atom. The largest absolute Gasteiger partial charge is 0.573 e. The number of hydrogen-bond acceptors (Lipinski definition) is 7. The van der Waals surface area contributed by atoms with Gasteiger partial charge in [0.15, 0.2) is 0 Å². The first-order valence-electron chi connectivity index (χ1n) is 16.5. The number of methoxy groups -OCH3 is 1. The van der Waals surface area contributed by atoms with E-state index in [0.717, 1.165) is 61.1 Å². The quantitative estimate of drug-likeness (QED) is 0.107. The molecule has 0 bridgehead atoms. The lowest BCUT2D eigenvalue weighted by Crippen LogP contribution is -2.41. The van der Waals surface area contributed by atoms with E-state index in [9.17, 15) is 22.4 Å². The lowest BCUT2D eigenvalue weighted by molar-refractivity contribution is -0.274. The van der Waals surface area contributed by atoms with Crippen LogP contribution in [0.4, 0.5) is 23.5 Å². The van der Waals surface area contributed by atoms with E-state index >= 15 is 0 Å². The summed E-state index contributed by atoms with van der Waals surface area (Å²) in [6.07, 6.45) is -2.50. The molecule has 2 heterocycles. The number of likely N-dealkylation sites (N-methyl/N-ethyl adjacent to an activating group) is 1. The lowest BCUT2D eigenvalue weighted by Gasteiger charge is -2.34. The summed E-state index contributed by atoms with van der Waals surface area (Å²) in [5.41, 5.74) is 2.57. The number of benzene rings is 3. The number of alkyl halides is 3. The Balaban J connectivity index is 1.23. The van der Waals surface area contributed by atoms with Crippen LogP contribution in [-0.2, 0) is 11.3 Å². The van der Waals surface area contributed by atoms with Crippen LogP contribution in [0, 0.1) is 5.82 Å². The lowest BCUT2D eigenvalue weighted by atomic mass is 9.94. The Kier molecular flexibility index (Phi) is 12.0. The number of fused-ring (bicyclic) bond motifs is 1. The number of nitrogens with zero attached hydrogens (tertiary/aromatic N) is 4. The molecule has 1 fully saturated rings. The van der Waals surface area contributed by atoms with Gasteiger partial charge in [0.1, 0.15) is 17.3 Å². The number of nitrogens with one attached hydrogen (secondary N) is 1. The van der Waals surface area contributed by atoms with Crippen molar-refractivity contribution >= 4 is 22.9 Å². The number of hydrogen-bond donors (Lipinski definition) is 1. The molecule has 1 aliphatic rings. The van der Waals surface area contributed by atoms with E-state index in [1.54, 1.807) is 12.1 Å². The van der Waals surface area contributed by atoms with Gasteiger partial charge in [-0.1, -0.05) is 24.3 Å². The number of piperidine rings is 1. The second-order valence-electron chi connectivity index (χ2n) is 12.2. The van der Waals surface area contributed by atoms with Crippen molar-refractivity contribution in [2.45, 2.75) is 51.1 Å². The van der Waals surface area contributed by atoms with Gasteiger partial charge in [0.05, 0.1) is 30.3 Å². The first-order chi connectivity index (χ1) is 23.5. The molecule has 49 heavy (non-hydrogen) atoms. The van der Waals surface area contributed by atoms with Crippen molar-refractivity contribution in [3.05, 3.63) is 83.7 Å². The Labute approximate surface area is 283 Å². The molecule has 1 atom stereocenters. The van der Waals surface area contributed by atoms with E-state index in [-0.39, 0.29) is 35.6 Å². The molecule has 5 rings (SSSR count). The minimum atomic E-state index is -4.97. The highest BCUT2D eigenvalue weighted by molar-refractivity contribution is 5.97. The minimum absolute atomic E-state index is 0.198. The smallest absolute Gasteiger partial charge is 0.497 e. The molecule has 0 radical (unpaired) electrons. The van der Waals surface area contributed by atoms with Gasteiger partial charge in [-0.2, -0.15) is 0 Å². The van der Waals surface area contributed by atoms with Crippen LogP contribution in [0.3, 0.4) is 0 Å². The third-order valence-electron chi connectivity index (χ3n) is 8.86. The first-order valence-corrected chi connectivity index (χ1v) is 16.5. The molecule has 0 spiro atoms. The van der Waals surface area contributed by atoms with Crippen molar-refractivity contribution < 1.29 is 36.6 Å². The maximum absolute atomic E-state index is 13.8. The molecule has 1 aromatic heterocycles. The molecule has 1 amide bonds. The van der Waals surface area contributed by atoms with Gasteiger partial charge >= 0.3 is 6.36 Å². The second kappa shape index (κ2) is 16.4. The first kappa shape index (κ1) is 35.9. The summed E-state index contributed by atoms with van der Waals surface area (Å²) in [6.45, 7) is 6.56. The number of ether oxygens (including phenoxy) is 3. The number of likely N-dealkylation sites (tertiary alicyclic amines) is 1. The van der Waals surface area contributed by atoms with Crippen LogP contribution in [0.1, 0.15) is 48.0 Å². The molecule has 1 N–H and O–H groups in total. The van der Waals surface area contributed by atoms with Crippen LogP contribution in [0.5, 0.6) is 11.5 Å². The van der Waals surface area contributed by atoms with E-state index in [0.29, 0.717) is 26.2 Å². The third-order valence-corrected chi connectivity index (χ3v) is 8.86. The number of anilines is 1. The third kappa shape index (κ3) is 9.63. The molecule has 1 unspecified atom stereocenters. The fraction of sp³-hybridized carbons (Fsp3) is 0.444. The molecule has 264 valence electrons. The predicted octanol–water partition coefficient (Wildman–Crippen LogP) is 6.94. The van der Waals surface area contributed by atoms with Crippen molar-refractivity contribution in [3.63, 3.8) is 0 Å². The molecule has 13 heteroatoms. The van der Waals surface area contributed by atoms with Crippen LogP contribution < -0.4 is 14.8 Å². The summed E-state index contributed by atoms with van der Waals surface area (Å²) >= 11 is 0. The van der Waals surface area contributed by atoms with E-state index in [1.807, 2.05) is 25.1 Å². The number of carbonyl (C=O) groups is 1. The zero-order valence-electron chi connectivity index (χ0n) is 28.0. The van der Waals surface area contributed by atoms with Crippen LogP contribution in [0.2, 0.25) is 0 Å². The summed E-state index contributed by atoms with van der Waals surface area (Å²) in [4.78, 5) is 22.1. The maximum atomic E-state index is 13.8. The molecular weight excluding hydrogens is 642 g/mol. The molecule has 0 aliphatic carbocycles. The fourth-order valence-corrected chi connectivity index (χ4v) is 6.27. The van der Waals surface area contributed by atoms with Gasteiger partial charge in [-0.15, -0.1) is 13.2 Å². The maximum Gasteiger partial charge on any atom is 0.573 e. The number of carbonyl (C=O) groups excluding carboxylic acids is 1. The predicted molar refractivity (Wildman–Crippen MR) is 180 cm³/mol. The van der Waals surface area contributed by atoms with Gasteiger partial charge in [0.2, 0.25) is 5.95 Å². The number of rotatable bonds is 15. The van der Waals surface area contributed by atoms with E-state index < -0.39 is 18.0 Å². The molecular formula is C36H43F4N5O4. The van der Waals surface area contributed by atoms with Crippen LogP contribution in [-0.4, -0.2) is 91.2 Å². The SMILES string of the molecule is CCOCCn1c(NC2CCN(CCC(CN(C)C(=O)c3cc(OC)ccc3OC(F)(F)F)c3ccc(F)cc3)CC2)nc2ccccc21. The zero-order chi connectivity index (χ0) is 35.0. The molecule has 1 aliphatic heterocycles. The summed E-state index contributed by atoms with van der Waals surface area (Å²) in [7, 11) is 2.90. The monoisotopic (exact) mass is 685 g/mol. The number of aromatic nitrogens is 2. The van der Waals surface area contributed by atoms with Crippen molar-refractivity contribution in [3.8, 4) is 11.5 Å². The highest BCUT2D eigenvalue weighted by Gasteiger charge is 2.34. The van der Waals surface area contributed by atoms with Gasteiger partial charge < -0.3 is 33.9 Å². The van der Waals surface area contributed by atoms with Gasteiger partial charge in [-0.3, -0.25) is 4.79 Å². The van der Waals surface area contributed by atoms with Crippen molar-refractivity contribution in [1.29, 1.82) is 0 Å². The van der Waals surface area contributed by atoms with Crippen molar-refractivity contribution in [2.75, 3.05) is 58.9 Å². The number of amides is 1. The number of para-hydroxylation sites is 2. The summed E-state index contributed by atoms with van der Waals surface area (Å²) in [5, 5.41) is 3.66. The Morgan fingerprint density at radius 3 is 2.49 bits per heavy atom. The summed E-state index contributed by atoms with van der Waals surface area (Å²) in [5.74, 6) is -0.772. The number of halogens is 4. The topological polar surface area (TPSA) is 81.1 Å². The molecule has 0 saturated carbocycles. The highest BCUT2D eigenvalue weighted by Crippen LogP contribution is 2.32. The standard InChI is InChI=1S/C36H43F4N5O4/c1-4-48-22-21-45-32-8-6-5-7-31(32)42-35(45)41-28-16-19-44(20-17-28)18-15-26(25-9-11-27(37)12-10-25)24-43(2)34(46)30-23-29(47-3)13-14-33(30)49-36(38,39)40/h5-14,23,26,28H,4,15-22,24H2,1-3H3,(H,41,42). The van der Waals surface area contributed by atoms with Gasteiger partial charge in [-0.25, -0.2) is 9.37 Å². The van der Waals surface area contributed by atoms with E-state index in [1.165, 1.54) is 43.3 Å². The average molecular weight is 686 g/mol. The summed E-state index contributed by atoms with van der Waals surface area (Å²) in [6, 6.07) is 18.0. The van der Waals surface area contributed by atoms with Crippen LogP contribution >= 0.6 is 0 Å². The molecule has 3 aromatic carbocycles. The Bertz CT molecular complexity index is 1670. The normalized spacial score (nSPS) is 14.9. The molecule has 1 saturated heterocycles. The van der Waals surface area contributed by atoms with Crippen LogP contribution in [0.25, 0.3) is 11.0 Å². The highest BCUT2D eigenvalue weighted by atomic mass is 19.4. The minimum Gasteiger partial charge on any atom is -0.497 e. The van der Waals surface area contributed by atoms with Crippen LogP contribution in [0.15, 0.2) is 66.7 Å². The van der Waals surface area contributed by atoms with Crippen molar-refractivity contribution in [1.82, 2.24) is 19.4 Å². The zero-order valence-corrected chi connectivity index (χ0v) is 28.0. The Hall–Kier alpha value is -4.36. The van der Waals surface area contributed by atoms with Gasteiger partial charge in [0, 0.05) is 51.8 Å². The molecule has 4 aromatic rings.